The van der Waals surface area contributed by atoms with Gasteiger partial charge in [-0.25, -0.2) is 19.6 Å². The zero-order valence-electron chi connectivity index (χ0n) is 18.7. The normalized spacial score (nSPS) is 11.9. The van der Waals surface area contributed by atoms with Gasteiger partial charge in [0.1, 0.15) is 18.2 Å². The maximum absolute atomic E-state index is 13.7. The molecule has 8 nitrogen and oxygen atoms in total. The van der Waals surface area contributed by atoms with Crippen LogP contribution >= 0.6 is 11.6 Å². The molecule has 0 fully saturated rings. The summed E-state index contributed by atoms with van der Waals surface area (Å²) in [5, 5.41) is 15.4. The number of carbonyl (C=O) groups excluding carboxylic acids is 2. The first-order chi connectivity index (χ1) is 16.2. The van der Waals surface area contributed by atoms with Crippen LogP contribution in [0.2, 0.25) is 5.02 Å². The summed E-state index contributed by atoms with van der Waals surface area (Å²) in [7, 11) is 0. The highest BCUT2D eigenvalue weighted by molar-refractivity contribution is 6.31. The first-order valence-corrected chi connectivity index (χ1v) is 10.9. The average Bonchev–Trinajstić information content (AvgIpc) is 2.79. The van der Waals surface area contributed by atoms with E-state index in [-0.39, 0.29) is 36.6 Å². The lowest BCUT2D eigenvalue weighted by molar-refractivity contribution is -0.136. The lowest BCUT2D eigenvalue weighted by atomic mass is 10.1. The van der Waals surface area contributed by atoms with E-state index in [9.17, 15) is 19.1 Å². The molecule has 0 saturated carbocycles. The molecule has 3 aromatic rings. The molecule has 10 heteroatoms. The Kier molecular flexibility index (Phi) is 8.75. The topological polar surface area (TPSA) is 104 Å². The monoisotopic (exact) mass is 487 g/mol. The number of hydrogen-bond donors (Lipinski definition) is 3. The Morgan fingerprint density at radius 2 is 1.91 bits per heavy atom. The van der Waals surface area contributed by atoms with Crippen molar-refractivity contribution in [1.82, 2.24) is 15.4 Å². The number of nitrogens with zero attached hydrogens (tertiary/aromatic N) is 2. The van der Waals surface area contributed by atoms with Gasteiger partial charge in [-0.05, 0) is 30.0 Å². The van der Waals surface area contributed by atoms with E-state index in [0.717, 1.165) is 10.8 Å². The van der Waals surface area contributed by atoms with Crippen molar-refractivity contribution in [2.75, 3.05) is 11.9 Å². The quantitative estimate of drug-likeness (QED) is 0.374. The fourth-order valence-electron chi connectivity index (χ4n) is 3.38. The molecule has 34 heavy (non-hydrogen) atoms. The third-order valence-electron chi connectivity index (χ3n) is 4.97. The molecule has 0 spiro atoms. The highest BCUT2D eigenvalue weighted by atomic mass is 35.5. The fourth-order valence-corrected chi connectivity index (χ4v) is 3.58. The predicted molar refractivity (Wildman–Crippen MR) is 127 cm³/mol. The standard InChI is InChI=1S/C24H25ClFN4O4/c1-15(31)10-20(30(16(2)32)28-13-19-8-5-9-21(26)23(19)25)14-34-24(33)29-22-11-17-6-3-4-7-18(17)12-27-22/h3-9,11-12,20,28,31H,10,13-14H2,1-2H3,(H,27,29,33)/t20-/m0/s1. The van der Waals surface area contributed by atoms with Crippen LogP contribution in [0.15, 0.2) is 54.7 Å². The lowest BCUT2D eigenvalue weighted by Gasteiger charge is -2.31. The van der Waals surface area contributed by atoms with Crippen molar-refractivity contribution in [3.8, 4) is 0 Å². The van der Waals surface area contributed by atoms with Crippen molar-refractivity contribution in [1.29, 1.82) is 0 Å². The zero-order valence-corrected chi connectivity index (χ0v) is 19.5. The number of aliphatic hydroxyl groups excluding tert-OH is 1. The van der Waals surface area contributed by atoms with Gasteiger partial charge in [-0.3, -0.25) is 15.1 Å². The number of aromatic nitrogens is 1. The second-order valence-corrected chi connectivity index (χ2v) is 8.05. The minimum absolute atomic E-state index is 0.0436. The van der Waals surface area contributed by atoms with E-state index in [4.69, 9.17) is 16.3 Å². The number of hydrogen-bond acceptors (Lipinski definition) is 6. The third kappa shape index (κ3) is 6.86. The molecule has 1 atom stereocenters. The van der Waals surface area contributed by atoms with Crippen LogP contribution in [0.4, 0.5) is 15.0 Å². The number of halogens is 2. The maximum atomic E-state index is 13.7. The molecule has 3 rings (SSSR count). The molecule has 1 aromatic heterocycles. The largest absolute Gasteiger partial charge is 0.447 e. The third-order valence-corrected chi connectivity index (χ3v) is 5.40. The van der Waals surface area contributed by atoms with Gasteiger partial charge >= 0.3 is 6.09 Å². The van der Waals surface area contributed by atoms with Gasteiger partial charge in [0.25, 0.3) is 0 Å². The Bertz CT molecular complexity index is 1160. The SMILES string of the molecule is C[C](O)C[C@@H](COC(=O)Nc1cc2ccccc2cn1)N(NCc1cccc(F)c1Cl)C(C)=O. The van der Waals surface area contributed by atoms with Crippen molar-refractivity contribution in [2.45, 2.75) is 32.9 Å². The number of pyridine rings is 1. The summed E-state index contributed by atoms with van der Waals surface area (Å²) in [5.74, 6) is -0.653. The number of amides is 2. The molecule has 1 radical (unpaired) electrons. The highest BCUT2D eigenvalue weighted by Crippen LogP contribution is 2.20. The number of anilines is 1. The minimum atomic E-state index is -0.764. The molecular weight excluding hydrogens is 463 g/mol. The number of rotatable bonds is 9. The van der Waals surface area contributed by atoms with Crippen LogP contribution < -0.4 is 10.7 Å². The lowest BCUT2D eigenvalue weighted by Crippen LogP contribution is -2.51. The van der Waals surface area contributed by atoms with Crippen molar-refractivity contribution in [3.63, 3.8) is 0 Å². The average molecular weight is 488 g/mol. The molecule has 1 heterocycles. The van der Waals surface area contributed by atoms with E-state index >= 15 is 0 Å². The smallest absolute Gasteiger partial charge is 0.412 e. The van der Waals surface area contributed by atoms with Gasteiger partial charge < -0.3 is 9.84 Å². The van der Waals surface area contributed by atoms with E-state index in [1.54, 1.807) is 18.3 Å². The number of carbonyl (C=O) groups is 2. The maximum Gasteiger partial charge on any atom is 0.412 e. The summed E-state index contributed by atoms with van der Waals surface area (Å²) in [5.41, 5.74) is 3.33. The molecule has 0 aliphatic carbocycles. The number of benzene rings is 2. The van der Waals surface area contributed by atoms with Gasteiger partial charge in [-0.1, -0.05) is 48.0 Å². The Morgan fingerprint density at radius 3 is 2.62 bits per heavy atom. The van der Waals surface area contributed by atoms with Gasteiger partial charge in [0.2, 0.25) is 5.91 Å². The van der Waals surface area contributed by atoms with E-state index < -0.39 is 18.0 Å². The van der Waals surface area contributed by atoms with Gasteiger partial charge in [0.15, 0.2) is 0 Å². The van der Waals surface area contributed by atoms with Gasteiger partial charge in [0.05, 0.1) is 17.2 Å². The number of ether oxygens (including phenoxy) is 1. The van der Waals surface area contributed by atoms with Crippen molar-refractivity contribution in [3.05, 3.63) is 77.2 Å². The van der Waals surface area contributed by atoms with Crippen LogP contribution in [0.3, 0.4) is 0 Å². The van der Waals surface area contributed by atoms with E-state index in [1.807, 2.05) is 24.3 Å². The Hall–Kier alpha value is -3.27. The Balaban J connectivity index is 1.65. The summed E-state index contributed by atoms with van der Waals surface area (Å²) in [6, 6.07) is 12.9. The van der Waals surface area contributed by atoms with Crippen LogP contribution in [0.1, 0.15) is 25.8 Å². The number of nitrogens with one attached hydrogen (secondary N) is 2. The molecule has 2 aromatic carbocycles. The fraction of sp³-hybridized carbons (Fsp3) is 0.250. The van der Waals surface area contributed by atoms with Gasteiger partial charge in [0, 0.05) is 31.5 Å². The summed E-state index contributed by atoms with van der Waals surface area (Å²) in [6.45, 7) is 2.62. The summed E-state index contributed by atoms with van der Waals surface area (Å²) >= 11 is 5.99. The highest BCUT2D eigenvalue weighted by Gasteiger charge is 2.25. The molecule has 2 amide bonds. The van der Waals surface area contributed by atoms with E-state index in [2.05, 4.69) is 15.7 Å². The van der Waals surface area contributed by atoms with Crippen LogP contribution in [-0.2, 0) is 16.1 Å². The number of aliphatic hydroxyl groups is 1. The molecule has 0 unspecified atom stereocenters. The number of hydrazine groups is 1. The molecular formula is C24H25ClFN4O4. The van der Waals surface area contributed by atoms with Crippen molar-refractivity contribution < 1.29 is 23.8 Å². The first-order valence-electron chi connectivity index (χ1n) is 10.5. The van der Waals surface area contributed by atoms with Gasteiger partial charge in [-0.15, -0.1) is 0 Å². The molecule has 0 saturated heterocycles. The summed E-state index contributed by atoms with van der Waals surface area (Å²) < 4.78 is 19.0. The van der Waals surface area contributed by atoms with E-state index in [0.29, 0.717) is 11.4 Å². The molecule has 179 valence electrons. The Labute approximate surface area is 201 Å². The minimum Gasteiger partial charge on any atom is -0.447 e. The molecule has 0 bridgehead atoms. The van der Waals surface area contributed by atoms with E-state index in [1.165, 1.54) is 31.0 Å². The van der Waals surface area contributed by atoms with Gasteiger partial charge in [-0.2, -0.15) is 0 Å². The molecule has 0 aliphatic rings. The summed E-state index contributed by atoms with van der Waals surface area (Å²) in [6.07, 6.45) is 0.962. The Morgan fingerprint density at radius 1 is 1.18 bits per heavy atom. The first kappa shape index (κ1) is 25.4. The van der Waals surface area contributed by atoms with Crippen molar-refractivity contribution in [2.24, 2.45) is 0 Å². The molecule has 3 N–H and O–H groups in total. The van der Waals surface area contributed by atoms with Crippen LogP contribution in [0.25, 0.3) is 10.8 Å². The summed E-state index contributed by atoms with van der Waals surface area (Å²) in [4.78, 5) is 28.9. The number of fused-ring (bicyclic) bond motifs is 1. The van der Waals surface area contributed by atoms with Crippen LogP contribution in [0.5, 0.6) is 0 Å². The molecule has 0 aliphatic heterocycles. The predicted octanol–water partition coefficient (Wildman–Crippen LogP) is 4.81. The second kappa shape index (κ2) is 11.7. The van der Waals surface area contributed by atoms with Crippen LogP contribution in [0, 0.1) is 11.9 Å². The zero-order chi connectivity index (χ0) is 24.7. The van der Waals surface area contributed by atoms with Crippen molar-refractivity contribution >= 4 is 40.2 Å². The second-order valence-electron chi connectivity index (χ2n) is 7.67. The van der Waals surface area contributed by atoms with Crippen LogP contribution in [-0.4, -0.2) is 39.7 Å².